The summed E-state index contributed by atoms with van der Waals surface area (Å²) < 4.78 is 8.88. The molecule has 0 radical (unpaired) electrons. The summed E-state index contributed by atoms with van der Waals surface area (Å²) >= 11 is 0. The first kappa shape index (κ1) is 71.4. The Balaban J connectivity index is -0.00000000381. The summed E-state index contributed by atoms with van der Waals surface area (Å²) in [5.74, 6) is 0. The SMILES string of the molecule is F.F.F.F.F.F.O=P(O)(O)O.[KH]. The third kappa shape index (κ3) is 687. The van der Waals surface area contributed by atoms with Crippen molar-refractivity contribution in [3.63, 3.8) is 0 Å². The van der Waals surface area contributed by atoms with Gasteiger partial charge in [-0.15, -0.1) is 0 Å². The first-order valence-corrected chi connectivity index (χ1v) is 2.35. The van der Waals surface area contributed by atoms with E-state index < -0.39 is 7.82 Å². The van der Waals surface area contributed by atoms with Gasteiger partial charge >= 0.3 is 59.2 Å². The normalized spacial score (nSPS) is 4.92. The van der Waals surface area contributed by atoms with Gasteiger partial charge in [0.25, 0.3) is 0 Å². The minimum atomic E-state index is -4.64. The molecule has 82 valence electrons. The van der Waals surface area contributed by atoms with Crippen LogP contribution in [0.15, 0.2) is 0 Å². The molecule has 0 aromatic rings. The van der Waals surface area contributed by atoms with Crippen LogP contribution in [0.2, 0.25) is 0 Å². The Morgan fingerprint density at radius 2 is 0.667 bits per heavy atom. The first-order chi connectivity index (χ1) is 2.00. The third-order valence-corrected chi connectivity index (χ3v) is 0. The Morgan fingerprint density at radius 1 is 0.667 bits per heavy atom. The Labute approximate surface area is 106 Å². The number of hydrogen-bond acceptors (Lipinski definition) is 1. The molecular weight excluding hydrogens is 248 g/mol. The number of phosphoric acid groups is 1. The first-order valence-electron chi connectivity index (χ1n) is 0.783. The van der Waals surface area contributed by atoms with Crippen LogP contribution in [0.4, 0.5) is 28.2 Å². The van der Waals surface area contributed by atoms with Crippen LogP contribution in [0.1, 0.15) is 0 Å². The van der Waals surface area contributed by atoms with Crippen LogP contribution in [0.25, 0.3) is 0 Å². The van der Waals surface area contributed by atoms with Crippen molar-refractivity contribution in [1.82, 2.24) is 0 Å². The van der Waals surface area contributed by atoms with Gasteiger partial charge in [-0.1, -0.05) is 0 Å². The van der Waals surface area contributed by atoms with Gasteiger partial charge < -0.3 is 14.7 Å². The van der Waals surface area contributed by atoms with Crippen molar-refractivity contribution in [3.8, 4) is 0 Å². The van der Waals surface area contributed by atoms with Crippen LogP contribution in [0, 0.1) is 0 Å². The van der Waals surface area contributed by atoms with Crippen LogP contribution in [0.5, 0.6) is 0 Å². The zero-order chi connectivity index (χ0) is 4.50. The minimum absolute atomic E-state index is 0. The molecule has 0 aliphatic heterocycles. The molecule has 0 aliphatic carbocycles. The van der Waals surface area contributed by atoms with Gasteiger partial charge in [0.2, 0.25) is 0 Å². The molecule has 0 heterocycles. The van der Waals surface area contributed by atoms with Gasteiger partial charge in [-0.25, -0.2) is 4.57 Å². The summed E-state index contributed by atoms with van der Waals surface area (Å²) in [6, 6.07) is 0. The van der Waals surface area contributed by atoms with Gasteiger partial charge in [-0.3, -0.25) is 28.2 Å². The second-order valence-electron chi connectivity index (χ2n) is 0.513. The molecule has 12 heteroatoms. The average molecular weight is 258 g/mol. The number of hydrogen-bond donors (Lipinski definition) is 3. The Bertz CT molecular complexity index is 65.7. The second kappa shape index (κ2) is 29.5. The van der Waals surface area contributed by atoms with Crippen molar-refractivity contribution in [2.45, 2.75) is 0 Å². The Morgan fingerprint density at radius 3 is 0.667 bits per heavy atom. The fraction of sp³-hybridized carbons (Fsp3) is 0. The van der Waals surface area contributed by atoms with E-state index in [0.29, 0.717) is 0 Å². The van der Waals surface area contributed by atoms with Crippen molar-refractivity contribution < 1.29 is 47.5 Å². The van der Waals surface area contributed by atoms with Crippen molar-refractivity contribution in [2.75, 3.05) is 0 Å². The summed E-state index contributed by atoms with van der Waals surface area (Å²) in [4.78, 5) is 21.6. The van der Waals surface area contributed by atoms with Crippen LogP contribution in [-0.2, 0) is 4.57 Å². The van der Waals surface area contributed by atoms with Crippen molar-refractivity contribution in [3.05, 3.63) is 0 Å². The third-order valence-electron chi connectivity index (χ3n) is 0. The number of halogens is 6. The summed E-state index contributed by atoms with van der Waals surface area (Å²) in [6.45, 7) is 0. The van der Waals surface area contributed by atoms with Crippen LogP contribution >= 0.6 is 7.82 Å². The zero-order valence-corrected chi connectivity index (χ0v) is 5.54. The summed E-state index contributed by atoms with van der Waals surface area (Å²) in [7, 11) is -4.64. The van der Waals surface area contributed by atoms with E-state index in [2.05, 4.69) is 0 Å². The molecule has 0 saturated carbocycles. The van der Waals surface area contributed by atoms with E-state index in [1.165, 1.54) is 0 Å². The van der Waals surface area contributed by atoms with Crippen LogP contribution in [0.3, 0.4) is 0 Å². The van der Waals surface area contributed by atoms with Crippen molar-refractivity contribution in [1.29, 1.82) is 0 Å². The van der Waals surface area contributed by atoms with Crippen LogP contribution < -0.4 is 0 Å². The van der Waals surface area contributed by atoms with E-state index in [0.717, 1.165) is 0 Å². The van der Waals surface area contributed by atoms with E-state index in [4.69, 9.17) is 19.2 Å². The molecule has 0 unspecified atom stereocenters. The van der Waals surface area contributed by atoms with E-state index in [1.807, 2.05) is 0 Å². The van der Waals surface area contributed by atoms with Gasteiger partial charge in [-0.2, -0.15) is 0 Å². The van der Waals surface area contributed by atoms with Crippen LogP contribution in [-0.4, -0.2) is 66.1 Å². The molecule has 4 nitrogen and oxygen atoms in total. The quantitative estimate of drug-likeness (QED) is 0.306. The van der Waals surface area contributed by atoms with Crippen molar-refractivity contribution in [2.24, 2.45) is 0 Å². The van der Waals surface area contributed by atoms with Gasteiger partial charge in [0.15, 0.2) is 0 Å². The standard InChI is InChI=1S/6FH.K.H3O4P.H/c;;;;;;;1-5(2,3)4;/h6*1H;;(H3,1,2,3,4);. The average Bonchev–Trinajstić information content (AvgIpc) is 0.722. The van der Waals surface area contributed by atoms with Gasteiger partial charge in [-0.05, 0) is 0 Å². The Kier molecular flexibility index (Phi) is 175. The topological polar surface area (TPSA) is 77.8 Å². The van der Waals surface area contributed by atoms with E-state index in [-0.39, 0.29) is 79.6 Å². The monoisotopic (exact) mass is 258 g/mol. The summed E-state index contributed by atoms with van der Waals surface area (Å²) in [6.07, 6.45) is 0. The molecule has 3 N–H and O–H groups in total. The van der Waals surface area contributed by atoms with Gasteiger partial charge in [0.05, 0.1) is 0 Å². The molecule has 12 heavy (non-hydrogen) atoms. The maximum absolute atomic E-state index is 8.88. The molecule has 0 aromatic carbocycles. The molecule has 0 aliphatic rings. The molecular formula is H10F6KO4P. The zero-order valence-electron chi connectivity index (χ0n) is 4.65. The fourth-order valence-electron chi connectivity index (χ4n) is 0. The molecule has 0 aromatic heterocycles. The van der Waals surface area contributed by atoms with Gasteiger partial charge in [0, 0.05) is 0 Å². The summed E-state index contributed by atoms with van der Waals surface area (Å²) in [5.41, 5.74) is 0. The van der Waals surface area contributed by atoms with E-state index in [9.17, 15) is 0 Å². The van der Waals surface area contributed by atoms with E-state index >= 15 is 0 Å². The summed E-state index contributed by atoms with van der Waals surface area (Å²) in [5, 5.41) is 0. The predicted molar refractivity (Wildman–Crippen MR) is 36.4 cm³/mol. The molecule has 0 bridgehead atoms. The number of rotatable bonds is 0. The Hall–Kier alpha value is 1.33. The second-order valence-corrected chi connectivity index (χ2v) is 1.54. The maximum atomic E-state index is 8.88. The molecule has 0 saturated heterocycles. The fourth-order valence-corrected chi connectivity index (χ4v) is 0. The van der Waals surface area contributed by atoms with Gasteiger partial charge in [0.1, 0.15) is 0 Å². The molecule has 0 spiro atoms. The molecule has 0 rings (SSSR count). The van der Waals surface area contributed by atoms with Crippen molar-refractivity contribution >= 4 is 59.2 Å². The predicted octanol–water partition coefficient (Wildman–Crippen LogP) is -0.662. The molecule has 0 fully saturated rings. The molecule has 0 amide bonds. The van der Waals surface area contributed by atoms with E-state index in [1.54, 1.807) is 0 Å². The molecule has 0 atom stereocenters.